The van der Waals surface area contributed by atoms with Crippen LogP contribution in [0, 0.1) is 6.20 Å². The van der Waals surface area contributed by atoms with Crippen LogP contribution >= 0.6 is 22.7 Å². The van der Waals surface area contributed by atoms with Gasteiger partial charge in [0.2, 0.25) is 0 Å². The third-order valence-corrected chi connectivity index (χ3v) is 2.64. The molecule has 2 nitrogen and oxygen atoms in total. The van der Waals surface area contributed by atoms with Gasteiger partial charge >= 0.3 is 0 Å². The summed E-state index contributed by atoms with van der Waals surface area (Å²) in [5.74, 6) is 0. The van der Waals surface area contributed by atoms with Crippen LogP contribution < -0.4 is 0 Å². The van der Waals surface area contributed by atoms with E-state index in [1.54, 1.807) is 28.9 Å². The van der Waals surface area contributed by atoms with E-state index in [0.29, 0.717) is 0 Å². The molecule has 0 spiro atoms. The van der Waals surface area contributed by atoms with Crippen molar-refractivity contribution in [3.8, 4) is 10.0 Å². The lowest BCUT2D eigenvalue weighted by Crippen LogP contribution is -1.69. The van der Waals surface area contributed by atoms with Gasteiger partial charge in [-0.25, -0.2) is 9.97 Å². The van der Waals surface area contributed by atoms with Crippen molar-refractivity contribution in [1.82, 2.24) is 9.97 Å². The van der Waals surface area contributed by atoms with Gasteiger partial charge in [0, 0.05) is 17.0 Å². The maximum Gasteiger partial charge on any atom is 0.152 e. The molecule has 2 aromatic heterocycles. The number of aromatic nitrogens is 2. The lowest BCUT2D eigenvalue weighted by Gasteiger charge is -1.81. The Balaban J connectivity index is 2.48. The second-order valence-corrected chi connectivity index (χ2v) is 3.37. The van der Waals surface area contributed by atoms with E-state index in [9.17, 15) is 0 Å². The molecule has 0 aromatic carbocycles. The molecule has 0 amide bonds. The fourth-order valence-electron chi connectivity index (χ4n) is 0.621. The highest BCUT2D eigenvalue weighted by Gasteiger charge is 2.00. The molecule has 0 saturated carbocycles. The molecule has 0 fully saturated rings. The Bertz CT molecular complexity index is 253. The van der Waals surface area contributed by atoms with Gasteiger partial charge in [-0.15, -0.1) is 22.7 Å². The van der Waals surface area contributed by atoms with Crippen LogP contribution in [-0.4, -0.2) is 9.97 Å². The van der Waals surface area contributed by atoms with Crippen molar-refractivity contribution >= 4 is 22.7 Å². The molecular formula is C6H3N2S2. The van der Waals surface area contributed by atoms with Gasteiger partial charge in [-0.3, -0.25) is 0 Å². The highest BCUT2D eigenvalue weighted by Crippen LogP contribution is 2.22. The van der Waals surface area contributed by atoms with Gasteiger partial charge < -0.3 is 0 Å². The molecule has 0 aliphatic heterocycles. The van der Waals surface area contributed by atoms with Crippen molar-refractivity contribution < 1.29 is 0 Å². The number of rotatable bonds is 1. The quantitative estimate of drug-likeness (QED) is 0.649. The Morgan fingerprint density at radius 3 is 2.90 bits per heavy atom. The number of thiazole rings is 2. The third-order valence-electron chi connectivity index (χ3n) is 1.00. The minimum absolute atomic E-state index is 0.954. The van der Waals surface area contributed by atoms with Crippen LogP contribution in [-0.2, 0) is 0 Å². The predicted molar refractivity (Wildman–Crippen MR) is 42.1 cm³/mol. The maximum absolute atomic E-state index is 4.11. The van der Waals surface area contributed by atoms with Gasteiger partial charge in [-0.1, -0.05) is 0 Å². The summed E-state index contributed by atoms with van der Waals surface area (Å²) >= 11 is 3.16. The van der Waals surface area contributed by atoms with Crippen molar-refractivity contribution in [2.75, 3.05) is 0 Å². The van der Waals surface area contributed by atoms with Gasteiger partial charge in [-0.2, -0.15) is 0 Å². The van der Waals surface area contributed by atoms with Crippen LogP contribution in [0.15, 0.2) is 17.0 Å². The fourth-order valence-corrected chi connectivity index (χ4v) is 1.90. The van der Waals surface area contributed by atoms with Gasteiger partial charge in [0.05, 0.1) is 0 Å². The van der Waals surface area contributed by atoms with Crippen molar-refractivity contribution in [3.05, 3.63) is 23.2 Å². The molecule has 0 atom stereocenters. The molecule has 2 heterocycles. The summed E-state index contributed by atoms with van der Waals surface area (Å²) in [4.78, 5) is 8.11. The summed E-state index contributed by atoms with van der Waals surface area (Å²) in [5, 5.41) is 5.70. The molecule has 4 heteroatoms. The van der Waals surface area contributed by atoms with E-state index in [1.165, 1.54) is 0 Å². The first kappa shape index (κ1) is 6.00. The molecule has 1 radical (unpaired) electrons. The Kier molecular flexibility index (Phi) is 1.49. The van der Waals surface area contributed by atoms with Gasteiger partial charge in [-0.05, 0) is 0 Å². The summed E-state index contributed by atoms with van der Waals surface area (Å²) in [5.41, 5.74) is 0. The molecule has 0 bridgehead atoms. The van der Waals surface area contributed by atoms with Crippen molar-refractivity contribution in [3.63, 3.8) is 0 Å². The van der Waals surface area contributed by atoms with E-state index in [-0.39, 0.29) is 0 Å². The highest BCUT2D eigenvalue weighted by atomic mass is 32.1. The lowest BCUT2D eigenvalue weighted by atomic mass is 10.7. The van der Waals surface area contributed by atoms with Crippen LogP contribution in [0.1, 0.15) is 0 Å². The minimum atomic E-state index is 0.954. The topological polar surface area (TPSA) is 25.8 Å². The monoisotopic (exact) mass is 167 g/mol. The predicted octanol–water partition coefficient (Wildman–Crippen LogP) is 2.07. The van der Waals surface area contributed by atoms with E-state index in [4.69, 9.17) is 0 Å². The van der Waals surface area contributed by atoms with Gasteiger partial charge in [0.25, 0.3) is 0 Å². The molecule has 0 aliphatic rings. The number of nitrogens with zero attached hydrogens (tertiary/aromatic N) is 2. The molecule has 10 heavy (non-hydrogen) atoms. The summed E-state index contributed by atoms with van der Waals surface area (Å²) in [6.45, 7) is 0. The Hall–Kier alpha value is -0.740. The molecule has 49 valence electrons. The zero-order valence-corrected chi connectivity index (χ0v) is 6.58. The van der Waals surface area contributed by atoms with Gasteiger partial charge in [0.15, 0.2) is 10.0 Å². The van der Waals surface area contributed by atoms with E-state index in [1.807, 2.05) is 10.8 Å². The Morgan fingerprint density at radius 1 is 1.30 bits per heavy atom. The molecule has 0 N–H and O–H groups in total. The first-order valence-electron chi connectivity index (χ1n) is 2.68. The third kappa shape index (κ3) is 0.955. The van der Waals surface area contributed by atoms with Crippen molar-refractivity contribution in [2.24, 2.45) is 0 Å². The molecule has 2 rings (SSSR count). The molecular weight excluding hydrogens is 164 g/mol. The standard InChI is InChI=1S/C6H3N2S2/c1-3-9-5(7-1)6-8-2-4-10-6/h1,3-4H. The fraction of sp³-hybridized carbons (Fsp3) is 0. The lowest BCUT2D eigenvalue weighted by molar-refractivity contribution is 1.35. The molecule has 2 aromatic rings. The normalized spacial score (nSPS) is 10.0. The number of hydrogen-bond acceptors (Lipinski definition) is 4. The SMILES string of the molecule is [c]1csc(-c2nccs2)n1. The number of hydrogen-bond donors (Lipinski definition) is 0. The second kappa shape index (κ2) is 2.48. The summed E-state index contributed by atoms with van der Waals surface area (Å²) in [6.07, 6.45) is 4.53. The van der Waals surface area contributed by atoms with Crippen molar-refractivity contribution in [2.45, 2.75) is 0 Å². The largest absolute Gasteiger partial charge is 0.242 e. The van der Waals surface area contributed by atoms with Crippen LogP contribution in [0.2, 0.25) is 0 Å². The second-order valence-electron chi connectivity index (χ2n) is 1.62. The smallest absolute Gasteiger partial charge is 0.152 e. The first-order chi connectivity index (χ1) is 4.97. The maximum atomic E-state index is 4.11. The van der Waals surface area contributed by atoms with Crippen molar-refractivity contribution in [1.29, 1.82) is 0 Å². The van der Waals surface area contributed by atoms with E-state index < -0.39 is 0 Å². The van der Waals surface area contributed by atoms with Crippen LogP contribution in [0.3, 0.4) is 0 Å². The minimum Gasteiger partial charge on any atom is -0.242 e. The average molecular weight is 167 g/mol. The van der Waals surface area contributed by atoms with E-state index >= 15 is 0 Å². The van der Waals surface area contributed by atoms with Crippen LogP contribution in [0.5, 0.6) is 0 Å². The Labute approximate surface area is 66.2 Å². The highest BCUT2D eigenvalue weighted by molar-refractivity contribution is 7.19. The van der Waals surface area contributed by atoms with E-state index in [2.05, 4.69) is 16.2 Å². The molecule has 0 unspecified atom stereocenters. The average Bonchev–Trinajstić information content (AvgIpc) is 2.59. The molecule has 0 aliphatic carbocycles. The summed E-state index contributed by atoms with van der Waals surface area (Å²) in [7, 11) is 0. The zero-order chi connectivity index (χ0) is 6.81. The van der Waals surface area contributed by atoms with Crippen LogP contribution in [0.25, 0.3) is 10.0 Å². The summed E-state index contributed by atoms with van der Waals surface area (Å²) in [6, 6.07) is 0. The van der Waals surface area contributed by atoms with Crippen LogP contribution in [0.4, 0.5) is 0 Å². The van der Waals surface area contributed by atoms with Gasteiger partial charge in [0.1, 0.15) is 6.20 Å². The Morgan fingerprint density at radius 2 is 2.30 bits per heavy atom. The zero-order valence-electron chi connectivity index (χ0n) is 4.94. The summed E-state index contributed by atoms with van der Waals surface area (Å²) < 4.78 is 0. The van der Waals surface area contributed by atoms with E-state index in [0.717, 1.165) is 10.0 Å². The molecule has 0 saturated heterocycles. The first-order valence-corrected chi connectivity index (χ1v) is 4.44.